The van der Waals surface area contributed by atoms with Crippen LogP contribution in [0.5, 0.6) is 0 Å². The van der Waals surface area contributed by atoms with Gasteiger partial charge in [-0.25, -0.2) is 0 Å². The Kier molecular flexibility index (Phi) is 8.56. The van der Waals surface area contributed by atoms with E-state index in [1.165, 1.54) is 13.0 Å². The van der Waals surface area contributed by atoms with Crippen molar-refractivity contribution in [1.29, 1.82) is 0 Å². The van der Waals surface area contributed by atoms with Gasteiger partial charge in [-0.1, -0.05) is 21.5 Å². The number of halogens is 6. The molecule has 0 saturated carbocycles. The molecule has 0 radical (unpaired) electrons. The van der Waals surface area contributed by atoms with Gasteiger partial charge in [-0.3, -0.25) is 0 Å². The Morgan fingerprint density at radius 1 is 1.33 bits per heavy atom. The molecule has 0 spiro atoms. The average Bonchev–Trinajstić information content (AvgIpc) is 2.05. The Morgan fingerprint density at radius 3 is 1.58 bits per heavy atom. The maximum absolute atomic E-state index is 11.1. The largest absolute Gasteiger partial charge is 0.547 e. The first-order chi connectivity index (χ1) is 5.39. The molecule has 2 nitrogen and oxygen atoms in total. The monoisotopic (exact) mass is 214 g/mol. The molecule has 0 aliphatic rings. The fourth-order valence-corrected chi connectivity index (χ4v) is 0.0119. The van der Waals surface area contributed by atoms with Crippen LogP contribution in [0.3, 0.4) is 0 Å². The molecule has 0 rings (SSSR count). The highest BCUT2D eigenvalue weighted by Crippen LogP contribution is 2.16. The van der Waals surface area contributed by atoms with Gasteiger partial charge in [0.15, 0.2) is 5.29 Å². The minimum atomic E-state index is -4.75. The second kappa shape index (κ2) is 7.26. The van der Waals surface area contributed by atoms with Gasteiger partial charge in [0.05, 0.1) is 0 Å². The van der Waals surface area contributed by atoms with Gasteiger partial charge in [0.2, 0.25) is 0 Å². The van der Waals surface area contributed by atoms with Crippen LogP contribution in [0.15, 0.2) is 11.4 Å². The second-order valence-electron chi connectivity index (χ2n) is 1.20. The van der Waals surface area contributed by atoms with Crippen molar-refractivity contribution in [2.24, 2.45) is 0 Å². The lowest BCUT2D eigenvalue weighted by Crippen LogP contribution is -2.16. The molecule has 0 bridgehead atoms. The van der Waals surface area contributed by atoms with Crippen LogP contribution in [-0.4, -0.2) is 6.29 Å². The summed E-state index contributed by atoms with van der Waals surface area (Å²) in [5.41, 5.74) is 0. The van der Waals surface area contributed by atoms with Crippen LogP contribution >= 0.6 is 11.6 Å². The van der Waals surface area contributed by atoms with E-state index in [1.54, 1.807) is 9.88 Å². The Balaban J connectivity index is 0. The van der Waals surface area contributed by atoms with Gasteiger partial charge in [0.25, 0.3) is 0 Å². The van der Waals surface area contributed by atoms with Gasteiger partial charge >= 0.3 is 6.29 Å². The van der Waals surface area contributed by atoms with Gasteiger partial charge in [-0.05, 0) is 22.1 Å². The molecule has 0 aromatic rings. The molecule has 0 unspecified atom stereocenters. The van der Waals surface area contributed by atoms with E-state index in [0.29, 0.717) is 0 Å². The molecule has 0 aliphatic heterocycles. The van der Waals surface area contributed by atoms with E-state index >= 15 is 0 Å². The van der Waals surface area contributed by atoms with Crippen LogP contribution in [-0.2, 0) is 9.88 Å². The summed E-state index contributed by atoms with van der Waals surface area (Å²) >= 11 is 4.66. The number of hydrogen-bond donors (Lipinski definition) is 0. The van der Waals surface area contributed by atoms with Crippen LogP contribution in [0.4, 0.5) is 22.2 Å². The van der Waals surface area contributed by atoms with Crippen molar-refractivity contribution >= 4 is 11.6 Å². The molecule has 0 N–H and O–H groups in total. The third-order valence-corrected chi connectivity index (χ3v) is 0.616. The number of allylic oxidation sites excluding steroid dienone is 1. The zero-order chi connectivity index (χ0) is 10.2. The first-order valence-corrected chi connectivity index (χ1v) is 2.72. The predicted molar refractivity (Wildman–Crippen MR) is 30.1 cm³/mol. The zero-order valence-electron chi connectivity index (χ0n) is 5.66. The molecular formula is C4H4ClF5O2. The zero-order valence-corrected chi connectivity index (χ0v) is 6.42. The summed E-state index contributed by atoms with van der Waals surface area (Å²) in [6.07, 6.45) is -3.57. The SMILES string of the molecule is CC=C(F)Cl.FOC(F)(F)OF. The lowest BCUT2D eigenvalue weighted by molar-refractivity contribution is -0.518. The van der Waals surface area contributed by atoms with E-state index in [0.717, 1.165) is 0 Å². The van der Waals surface area contributed by atoms with Gasteiger partial charge in [-0.15, -0.1) is 8.78 Å². The van der Waals surface area contributed by atoms with E-state index in [1.807, 2.05) is 0 Å². The van der Waals surface area contributed by atoms with Crippen molar-refractivity contribution in [2.45, 2.75) is 13.2 Å². The molecule has 0 amide bonds. The minimum absolute atomic E-state index is 0.648. The van der Waals surface area contributed by atoms with Crippen LogP contribution in [0.1, 0.15) is 6.92 Å². The van der Waals surface area contributed by atoms with Gasteiger partial charge < -0.3 is 0 Å². The van der Waals surface area contributed by atoms with Crippen LogP contribution in [0, 0.1) is 0 Å². The Morgan fingerprint density at radius 2 is 1.58 bits per heavy atom. The first-order valence-electron chi connectivity index (χ1n) is 2.34. The quantitative estimate of drug-likeness (QED) is 0.518. The Labute approximate surface area is 69.3 Å². The van der Waals surface area contributed by atoms with Crippen LogP contribution in [0.2, 0.25) is 0 Å². The molecule has 74 valence electrons. The summed E-state index contributed by atoms with van der Waals surface area (Å²) < 4.78 is 52.7. The standard InChI is InChI=1S/C3H4ClF.CF4O2/c1-2-3(4)5;2-1(3,6-4)7-5/h2H,1H3;. The van der Waals surface area contributed by atoms with Gasteiger partial charge in [0, 0.05) is 0 Å². The van der Waals surface area contributed by atoms with Crippen molar-refractivity contribution in [3.63, 3.8) is 0 Å². The number of rotatable bonds is 2. The molecular weight excluding hydrogens is 210 g/mol. The van der Waals surface area contributed by atoms with Crippen molar-refractivity contribution in [2.75, 3.05) is 0 Å². The summed E-state index contributed by atoms with van der Waals surface area (Å²) in [5, 5.41) is -0.648. The summed E-state index contributed by atoms with van der Waals surface area (Å²) in [6, 6.07) is 0. The highest BCUT2D eigenvalue weighted by molar-refractivity contribution is 6.28. The van der Waals surface area contributed by atoms with Crippen LogP contribution < -0.4 is 0 Å². The topological polar surface area (TPSA) is 18.5 Å². The number of hydrogen-bond acceptors (Lipinski definition) is 2. The van der Waals surface area contributed by atoms with E-state index in [9.17, 15) is 22.2 Å². The maximum atomic E-state index is 11.1. The minimum Gasteiger partial charge on any atom is -0.194 e. The van der Waals surface area contributed by atoms with Crippen LogP contribution in [0.25, 0.3) is 0 Å². The summed E-state index contributed by atoms with van der Waals surface area (Å²) in [6.45, 7) is 1.53. The molecule has 0 aromatic carbocycles. The third-order valence-electron chi connectivity index (χ3n) is 0.398. The molecule has 0 aliphatic carbocycles. The van der Waals surface area contributed by atoms with Gasteiger partial charge in [-0.2, -0.15) is 4.39 Å². The highest BCUT2D eigenvalue weighted by atomic mass is 35.5. The maximum Gasteiger partial charge on any atom is 0.547 e. The van der Waals surface area contributed by atoms with Gasteiger partial charge in [0.1, 0.15) is 0 Å². The first kappa shape index (κ1) is 14.1. The normalized spacial score (nSPS) is 12.1. The van der Waals surface area contributed by atoms with Crippen molar-refractivity contribution < 1.29 is 32.1 Å². The number of alkyl halides is 2. The molecule has 8 heteroatoms. The van der Waals surface area contributed by atoms with E-state index in [-0.39, 0.29) is 0 Å². The van der Waals surface area contributed by atoms with Crippen molar-refractivity contribution in [3.8, 4) is 0 Å². The highest BCUT2D eigenvalue weighted by Gasteiger charge is 2.35. The average molecular weight is 215 g/mol. The smallest absolute Gasteiger partial charge is 0.194 e. The van der Waals surface area contributed by atoms with E-state index < -0.39 is 11.6 Å². The Bertz CT molecular complexity index is 129. The summed E-state index contributed by atoms with van der Waals surface area (Å²) in [5.74, 6) is 0. The van der Waals surface area contributed by atoms with E-state index in [4.69, 9.17) is 0 Å². The molecule has 0 saturated heterocycles. The molecule has 12 heavy (non-hydrogen) atoms. The molecule has 0 fully saturated rings. The molecule has 0 atom stereocenters. The van der Waals surface area contributed by atoms with E-state index in [2.05, 4.69) is 11.6 Å². The lowest BCUT2D eigenvalue weighted by Gasteiger charge is -1.98. The van der Waals surface area contributed by atoms with Crippen molar-refractivity contribution in [1.82, 2.24) is 0 Å². The fourth-order valence-electron chi connectivity index (χ4n) is 0.0119. The predicted octanol–water partition coefficient (Wildman–Crippen LogP) is 3.39. The summed E-state index contributed by atoms with van der Waals surface area (Å²) in [7, 11) is 0. The second-order valence-corrected chi connectivity index (χ2v) is 1.56. The third kappa shape index (κ3) is 12.3. The molecule has 0 aromatic heterocycles. The summed E-state index contributed by atoms with van der Waals surface area (Å²) in [4.78, 5) is 3.31. The fraction of sp³-hybridized carbons (Fsp3) is 0.500. The lowest BCUT2D eigenvalue weighted by atomic mass is 10.8. The van der Waals surface area contributed by atoms with Crippen molar-refractivity contribution in [3.05, 3.63) is 11.4 Å². The molecule has 0 heterocycles. The Hall–Kier alpha value is -0.400.